The number of aromatic nitrogens is 3. The van der Waals surface area contributed by atoms with E-state index in [2.05, 4.69) is 9.97 Å². The molecule has 0 aliphatic carbocycles. The maximum absolute atomic E-state index is 17.9. The average molecular weight is 954 g/mol. The molecule has 4 aliphatic rings. The predicted octanol–water partition coefficient (Wildman–Crippen LogP) is 9.08. The minimum Gasteiger partial charge on any atom is -0.497 e. The number of rotatable bonds is 10. The maximum atomic E-state index is 17.9. The van der Waals surface area contributed by atoms with Gasteiger partial charge in [0, 0.05) is 25.2 Å². The number of alkyl halides is 5. The number of ether oxygens (including phenoxy) is 4. The van der Waals surface area contributed by atoms with Crippen LogP contribution in [-0.2, 0) is 24.0 Å². The van der Waals surface area contributed by atoms with E-state index in [0.717, 1.165) is 17.9 Å². The molecular weight excluding hydrogens is 904 g/mol. The molecule has 13 nitrogen and oxygen atoms in total. The van der Waals surface area contributed by atoms with Gasteiger partial charge in [-0.15, -0.1) is 0 Å². The van der Waals surface area contributed by atoms with E-state index in [0.29, 0.717) is 35.5 Å². The van der Waals surface area contributed by atoms with Gasteiger partial charge in [-0.3, -0.25) is 4.90 Å². The second-order valence-corrected chi connectivity index (χ2v) is 18.7. The highest BCUT2D eigenvalue weighted by molar-refractivity contribution is 5.98. The molecule has 0 unspecified atom stereocenters. The lowest BCUT2D eigenvalue weighted by Gasteiger charge is -2.49. The second-order valence-electron chi connectivity index (χ2n) is 18.7. The summed E-state index contributed by atoms with van der Waals surface area (Å²) in [6, 6.07) is 11.0. The number of carbonyl (C=O) groups is 1. The average Bonchev–Trinajstić information content (AvgIpc) is 3.53. The number of hydrogen-bond acceptors (Lipinski definition) is 12. The molecule has 3 fully saturated rings. The van der Waals surface area contributed by atoms with Gasteiger partial charge in [0.25, 0.3) is 5.92 Å². The van der Waals surface area contributed by atoms with Crippen LogP contribution in [0.4, 0.5) is 53.0 Å². The number of pyridine rings is 1. The molecule has 3 aromatic carbocycles. The van der Waals surface area contributed by atoms with Gasteiger partial charge in [0.05, 0.1) is 56.7 Å². The molecule has 2 bridgehead atoms. The van der Waals surface area contributed by atoms with Gasteiger partial charge in [-0.1, -0.05) is 24.3 Å². The van der Waals surface area contributed by atoms with E-state index in [1.54, 1.807) is 86.0 Å². The molecule has 68 heavy (non-hydrogen) atoms. The summed E-state index contributed by atoms with van der Waals surface area (Å²) in [6.07, 6.45) is -5.68. The van der Waals surface area contributed by atoms with Gasteiger partial charge < -0.3 is 38.8 Å². The zero-order valence-electron chi connectivity index (χ0n) is 38.3. The third kappa shape index (κ3) is 8.16. The first-order chi connectivity index (χ1) is 32.1. The lowest BCUT2D eigenvalue weighted by atomic mass is 9.95. The van der Waals surface area contributed by atoms with Crippen molar-refractivity contribution in [2.45, 2.75) is 109 Å². The minimum absolute atomic E-state index is 0.00266. The number of aliphatic hydroxyl groups excluding tert-OH is 1. The number of halogens is 7. The standard InChI is InChI=1S/C48H50F7N7O6/c1-24-36(48(53,54)55)31(18-33(37(24)49)59(19-26-8-13-29(65-6)14-9-26)20-27-10-15-30(66-7)16-11-27)39-38(50)40-35-42(58-44(57-40)61-23-47(51,52)34(61)22-63)60-21-28-12-17-32(41(60)25(2)67-43(35)56-39)62(28)45(64)68-46(3,4)5/h8-11,13-16,18,25,28,32,34,41,63H,12,17,19-23H2,1-7H3/t25-,28+,32-,34-,41+/m0/s1. The van der Waals surface area contributed by atoms with Gasteiger partial charge >= 0.3 is 12.3 Å². The highest BCUT2D eigenvalue weighted by atomic mass is 19.4. The van der Waals surface area contributed by atoms with E-state index < -0.39 is 113 Å². The van der Waals surface area contributed by atoms with Gasteiger partial charge in [-0.2, -0.15) is 18.2 Å². The van der Waals surface area contributed by atoms with Crippen molar-refractivity contribution in [3.05, 3.63) is 88.5 Å². The Balaban J connectivity index is 1.25. The first-order valence-corrected chi connectivity index (χ1v) is 22.1. The van der Waals surface area contributed by atoms with Crippen molar-refractivity contribution >= 4 is 34.4 Å². The first kappa shape index (κ1) is 46.8. The van der Waals surface area contributed by atoms with Gasteiger partial charge in [-0.25, -0.2) is 32.3 Å². The van der Waals surface area contributed by atoms with E-state index in [9.17, 15) is 18.7 Å². The molecule has 2 aromatic heterocycles. The zero-order valence-corrected chi connectivity index (χ0v) is 38.3. The number of amides is 1. The second kappa shape index (κ2) is 17.0. The summed E-state index contributed by atoms with van der Waals surface area (Å²) in [5.74, 6) is -5.68. The normalized spacial score (nSPS) is 21.8. The maximum Gasteiger partial charge on any atom is 0.417 e. The summed E-state index contributed by atoms with van der Waals surface area (Å²) in [4.78, 5) is 33.3. The van der Waals surface area contributed by atoms with Gasteiger partial charge in [0.15, 0.2) is 5.82 Å². The number of piperazine rings is 1. The number of carbonyl (C=O) groups excluding carboxylic acids is 1. The molecule has 9 rings (SSSR count). The van der Waals surface area contributed by atoms with Gasteiger partial charge in [0.2, 0.25) is 11.8 Å². The molecule has 5 aromatic rings. The fraction of sp³-hybridized carbons (Fsp3) is 0.458. The van der Waals surface area contributed by atoms with E-state index >= 15 is 22.0 Å². The van der Waals surface area contributed by atoms with E-state index in [1.807, 2.05) is 0 Å². The van der Waals surface area contributed by atoms with Crippen LogP contribution in [-0.4, -0.2) is 107 Å². The van der Waals surface area contributed by atoms with Crippen molar-refractivity contribution in [3.8, 4) is 28.6 Å². The molecule has 20 heteroatoms. The number of hydrogen-bond donors (Lipinski definition) is 1. The summed E-state index contributed by atoms with van der Waals surface area (Å²) < 4.78 is 134. The predicted molar refractivity (Wildman–Crippen MR) is 238 cm³/mol. The van der Waals surface area contributed by atoms with Crippen LogP contribution >= 0.6 is 0 Å². The Morgan fingerprint density at radius 3 is 2.07 bits per heavy atom. The molecule has 0 saturated carbocycles. The fourth-order valence-electron chi connectivity index (χ4n) is 10.0. The van der Waals surface area contributed by atoms with Crippen molar-refractivity contribution in [1.29, 1.82) is 0 Å². The van der Waals surface area contributed by atoms with Crippen molar-refractivity contribution < 1.29 is 59.6 Å². The number of fused-ring (bicyclic) bond motifs is 5. The van der Waals surface area contributed by atoms with E-state index in [4.69, 9.17) is 23.9 Å². The van der Waals surface area contributed by atoms with Crippen LogP contribution in [0, 0.1) is 18.6 Å². The summed E-state index contributed by atoms with van der Waals surface area (Å²) in [7, 11) is 2.98. The molecule has 3 saturated heterocycles. The molecule has 0 spiro atoms. The fourth-order valence-corrected chi connectivity index (χ4v) is 10.0. The number of anilines is 3. The zero-order chi connectivity index (χ0) is 48.8. The van der Waals surface area contributed by atoms with Gasteiger partial charge in [0.1, 0.15) is 57.5 Å². The smallest absolute Gasteiger partial charge is 0.417 e. The quantitative estimate of drug-likeness (QED) is 0.134. The van der Waals surface area contributed by atoms with Crippen LogP contribution in [0.15, 0.2) is 54.6 Å². The van der Waals surface area contributed by atoms with Crippen molar-refractivity contribution in [2.24, 2.45) is 0 Å². The summed E-state index contributed by atoms with van der Waals surface area (Å²) in [6.45, 7) is 5.95. The summed E-state index contributed by atoms with van der Waals surface area (Å²) >= 11 is 0. The van der Waals surface area contributed by atoms with Crippen LogP contribution < -0.4 is 28.9 Å². The number of aliphatic hydroxyl groups is 1. The Morgan fingerprint density at radius 1 is 0.912 bits per heavy atom. The Labute approximate surface area is 387 Å². The summed E-state index contributed by atoms with van der Waals surface area (Å²) in [5, 5.41) is 9.93. The molecular formula is C48H50F7N7O6. The molecule has 362 valence electrons. The van der Waals surface area contributed by atoms with Crippen molar-refractivity contribution in [2.75, 3.05) is 48.6 Å². The van der Waals surface area contributed by atoms with E-state index in [-0.39, 0.29) is 42.4 Å². The largest absolute Gasteiger partial charge is 0.497 e. The Morgan fingerprint density at radius 2 is 1.53 bits per heavy atom. The van der Waals surface area contributed by atoms with Crippen LogP contribution in [0.3, 0.4) is 0 Å². The van der Waals surface area contributed by atoms with Crippen LogP contribution in [0.5, 0.6) is 17.4 Å². The molecule has 1 N–H and O–H groups in total. The number of nitrogens with zero attached hydrogens (tertiary/aromatic N) is 7. The van der Waals surface area contributed by atoms with Crippen LogP contribution in [0.1, 0.15) is 62.8 Å². The van der Waals surface area contributed by atoms with Crippen LogP contribution in [0.25, 0.3) is 22.2 Å². The Bertz CT molecular complexity index is 2710. The molecule has 4 aliphatic heterocycles. The number of methoxy groups -OCH3 is 2. The Kier molecular flexibility index (Phi) is 11.7. The highest BCUT2D eigenvalue weighted by Gasteiger charge is 2.57. The third-order valence-electron chi connectivity index (χ3n) is 13.2. The SMILES string of the molecule is COc1ccc(CN(Cc2ccc(OC)cc2)c2cc(-c3nc4c5c(nc(N6CC(F)(F)[C@@H]6CO)nc5c3F)N3C[C@H]5CC[C@@H]([C@H]3[C@H](C)O4)N5C(=O)OC(C)(C)C)c(C(F)(F)F)c(C)c2F)cc1. The summed E-state index contributed by atoms with van der Waals surface area (Å²) in [5.41, 5.74) is -4.55. The molecule has 0 radical (unpaired) electrons. The van der Waals surface area contributed by atoms with Crippen molar-refractivity contribution in [3.63, 3.8) is 0 Å². The molecule has 1 amide bonds. The van der Waals surface area contributed by atoms with Crippen molar-refractivity contribution in [1.82, 2.24) is 19.9 Å². The van der Waals surface area contributed by atoms with E-state index in [1.165, 1.54) is 19.1 Å². The monoisotopic (exact) mass is 953 g/mol. The molecule has 6 heterocycles. The third-order valence-corrected chi connectivity index (χ3v) is 13.2. The Hall–Kier alpha value is -6.31. The van der Waals surface area contributed by atoms with Gasteiger partial charge in [-0.05, 0) is 94.5 Å². The van der Waals surface area contributed by atoms with Crippen LogP contribution in [0.2, 0.25) is 0 Å². The lowest BCUT2D eigenvalue weighted by Crippen LogP contribution is -2.67. The first-order valence-electron chi connectivity index (χ1n) is 22.1. The number of benzene rings is 3. The highest BCUT2D eigenvalue weighted by Crippen LogP contribution is 2.50. The lowest BCUT2D eigenvalue weighted by molar-refractivity contribution is -0.137. The molecule has 5 atom stereocenters. The topological polar surface area (TPSA) is 126 Å². The minimum atomic E-state index is -5.26.